The molecule has 1 aromatic carbocycles. The van der Waals surface area contributed by atoms with E-state index in [1.807, 2.05) is 24.3 Å². The average Bonchev–Trinajstić information content (AvgIpc) is 2.72. The number of hydrogen-bond donors (Lipinski definition) is 2. The molecule has 0 fully saturated rings. The van der Waals surface area contributed by atoms with Crippen molar-refractivity contribution >= 4 is 17.3 Å². The minimum atomic E-state index is -0.0947. The maximum absolute atomic E-state index is 10.9. The smallest absolute Gasteiger partial charge is 0.221 e. The zero-order valence-electron chi connectivity index (χ0n) is 10.2. The van der Waals surface area contributed by atoms with E-state index in [2.05, 4.69) is 26.0 Å². The van der Waals surface area contributed by atoms with Gasteiger partial charge in [-0.05, 0) is 23.4 Å². The van der Waals surface area contributed by atoms with Crippen LogP contribution < -0.4 is 10.6 Å². The number of benzene rings is 1. The Morgan fingerprint density at radius 1 is 1.39 bits per heavy atom. The Kier molecular flexibility index (Phi) is 3.52. The summed E-state index contributed by atoms with van der Waals surface area (Å²) in [5.74, 6) is 0.519. The highest BCUT2D eigenvalue weighted by Gasteiger charge is 2.01. The quantitative estimate of drug-likeness (QED) is 0.832. The first-order valence-corrected chi connectivity index (χ1v) is 5.48. The van der Waals surface area contributed by atoms with Crippen LogP contribution in [-0.4, -0.2) is 26.1 Å². The topological polar surface area (TPSA) is 84.7 Å². The second-order valence-corrected chi connectivity index (χ2v) is 3.81. The van der Waals surface area contributed by atoms with E-state index in [1.54, 1.807) is 7.05 Å². The average molecular weight is 246 g/mol. The zero-order chi connectivity index (χ0) is 13.0. The lowest BCUT2D eigenvalue weighted by molar-refractivity contribution is -0.114. The number of nitrogens with zero attached hydrogens (tertiary/aromatic N) is 4. The van der Waals surface area contributed by atoms with Crippen LogP contribution in [0.4, 0.5) is 11.4 Å². The molecule has 2 N–H and O–H groups in total. The lowest BCUT2D eigenvalue weighted by Gasteiger charge is -2.06. The van der Waals surface area contributed by atoms with Gasteiger partial charge < -0.3 is 10.6 Å². The van der Waals surface area contributed by atoms with Crippen molar-refractivity contribution in [3.8, 4) is 0 Å². The van der Waals surface area contributed by atoms with E-state index in [1.165, 1.54) is 11.7 Å². The van der Waals surface area contributed by atoms with Crippen LogP contribution in [-0.2, 0) is 18.4 Å². The number of rotatable bonds is 4. The van der Waals surface area contributed by atoms with Crippen molar-refractivity contribution in [3.63, 3.8) is 0 Å². The Morgan fingerprint density at radius 3 is 2.83 bits per heavy atom. The summed E-state index contributed by atoms with van der Waals surface area (Å²) in [6.07, 6.45) is 0. The summed E-state index contributed by atoms with van der Waals surface area (Å²) in [6, 6.07) is 7.43. The third kappa shape index (κ3) is 3.27. The molecule has 0 aliphatic heterocycles. The number of amides is 1. The molecule has 0 saturated carbocycles. The normalized spacial score (nSPS) is 10.1. The predicted octanol–water partition coefficient (Wildman–Crippen LogP) is 0.781. The Labute approximate surface area is 104 Å². The second-order valence-electron chi connectivity index (χ2n) is 3.81. The fourth-order valence-corrected chi connectivity index (χ4v) is 1.49. The summed E-state index contributed by atoms with van der Waals surface area (Å²) in [5.41, 5.74) is 1.63. The van der Waals surface area contributed by atoms with Crippen LogP contribution in [0.5, 0.6) is 0 Å². The van der Waals surface area contributed by atoms with Crippen molar-refractivity contribution in [2.24, 2.45) is 7.05 Å². The number of tetrazole rings is 1. The van der Waals surface area contributed by atoms with Crippen molar-refractivity contribution in [2.45, 2.75) is 13.5 Å². The summed E-state index contributed by atoms with van der Waals surface area (Å²) < 4.78 is 0. The van der Waals surface area contributed by atoms with Gasteiger partial charge in [0.25, 0.3) is 0 Å². The largest absolute Gasteiger partial charge is 0.378 e. The molecular weight excluding hydrogens is 232 g/mol. The fourth-order valence-electron chi connectivity index (χ4n) is 1.49. The van der Waals surface area contributed by atoms with Crippen molar-refractivity contribution in [2.75, 3.05) is 10.6 Å². The number of carbonyl (C=O) groups excluding carboxylic acids is 1. The molecule has 1 aromatic heterocycles. The number of aryl methyl sites for hydroxylation is 1. The molecular formula is C11H14N6O. The van der Waals surface area contributed by atoms with Crippen LogP contribution in [0.1, 0.15) is 12.7 Å². The maximum Gasteiger partial charge on any atom is 0.221 e. The van der Waals surface area contributed by atoms with E-state index in [0.29, 0.717) is 12.4 Å². The van der Waals surface area contributed by atoms with Gasteiger partial charge in [-0.15, -0.1) is 10.2 Å². The van der Waals surface area contributed by atoms with Gasteiger partial charge in [-0.3, -0.25) is 4.79 Å². The molecule has 0 bridgehead atoms. The standard InChI is InChI=1S/C11H14N6O/c1-8(18)13-10-5-3-4-9(6-10)12-7-11-14-16-17(2)15-11/h3-6,12H,7H2,1-2H3,(H,13,18). The molecule has 2 rings (SSSR count). The van der Waals surface area contributed by atoms with E-state index < -0.39 is 0 Å². The zero-order valence-corrected chi connectivity index (χ0v) is 10.2. The van der Waals surface area contributed by atoms with E-state index in [4.69, 9.17) is 0 Å². The number of nitrogens with one attached hydrogen (secondary N) is 2. The predicted molar refractivity (Wildman–Crippen MR) is 66.9 cm³/mol. The van der Waals surface area contributed by atoms with Crippen molar-refractivity contribution in [1.82, 2.24) is 20.2 Å². The van der Waals surface area contributed by atoms with Gasteiger partial charge in [-0.25, -0.2) is 0 Å². The minimum Gasteiger partial charge on any atom is -0.378 e. The summed E-state index contributed by atoms with van der Waals surface area (Å²) >= 11 is 0. The molecule has 0 unspecified atom stereocenters. The van der Waals surface area contributed by atoms with E-state index in [9.17, 15) is 4.79 Å². The first kappa shape index (κ1) is 12.0. The highest BCUT2D eigenvalue weighted by atomic mass is 16.1. The Morgan fingerprint density at radius 2 is 2.17 bits per heavy atom. The lowest BCUT2D eigenvalue weighted by atomic mass is 10.2. The Bertz CT molecular complexity index is 550. The van der Waals surface area contributed by atoms with Gasteiger partial charge in [0.2, 0.25) is 5.91 Å². The molecule has 2 aromatic rings. The number of carbonyl (C=O) groups is 1. The third-order valence-electron chi connectivity index (χ3n) is 2.18. The molecule has 1 amide bonds. The molecule has 0 aliphatic carbocycles. The fraction of sp³-hybridized carbons (Fsp3) is 0.273. The molecule has 94 valence electrons. The monoisotopic (exact) mass is 246 g/mol. The summed E-state index contributed by atoms with van der Waals surface area (Å²) in [6.45, 7) is 1.96. The molecule has 18 heavy (non-hydrogen) atoms. The molecule has 0 aliphatic rings. The molecule has 0 spiro atoms. The molecule has 7 nitrogen and oxygen atoms in total. The van der Waals surface area contributed by atoms with Crippen LogP contribution in [0.15, 0.2) is 24.3 Å². The lowest BCUT2D eigenvalue weighted by Crippen LogP contribution is -2.07. The molecule has 0 atom stereocenters. The van der Waals surface area contributed by atoms with Gasteiger partial charge in [-0.2, -0.15) is 4.80 Å². The number of aromatic nitrogens is 4. The van der Waals surface area contributed by atoms with Crippen molar-refractivity contribution < 1.29 is 4.79 Å². The molecule has 1 heterocycles. The molecule has 0 saturated heterocycles. The van der Waals surface area contributed by atoms with E-state index in [-0.39, 0.29) is 5.91 Å². The number of anilines is 2. The van der Waals surface area contributed by atoms with Crippen LogP contribution in [0.3, 0.4) is 0 Å². The second kappa shape index (κ2) is 5.26. The van der Waals surface area contributed by atoms with Crippen LogP contribution in [0, 0.1) is 0 Å². The van der Waals surface area contributed by atoms with Crippen molar-refractivity contribution in [3.05, 3.63) is 30.1 Å². The Balaban J connectivity index is 1.98. The van der Waals surface area contributed by atoms with Gasteiger partial charge in [0.1, 0.15) is 0 Å². The summed E-state index contributed by atoms with van der Waals surface area (Å²) in [5, 5.41) is 17.6. The van der Waals surface area contributed by atoms with Crippen LogP contribution >= 0.6 is 0 Å². The first-order chi connectivity index (χ1) is 8.63. The van der Waals surface area contributed by atoms with Gasteiger partial charge in [0, 0.05) is 18.3 Å². The van der Waals surface area contributed by atoms with Crippen molar-refractivity contribution in [1.29, 1.82) is 0 Å². The third-order valence-corrected chi connectivity index (χ3v) is 2.18. The first-order valence-electron chi connectivity index (χ1n) is 5.48. The van der Waals surface area contributed by atoms with Crippen LogP contribution in [0.25, 0.3) is 0 Å². The number of hydrogen-bond acceptors (Lipinski definition) is 5. The van der Waals surface area contributed by atoms with Gasteiger partial charge in [0.05, 0.1) is 13.6 Å². The van der Waals surface area contributed by atoms with Gasteiger partial charge in [-0.1, -0.05) is 6.07 Å². The van der Waals surface area contributed by atoms with E-state index >= 15 is 0 Å². The highest BCUT2D eigenvalue weighted by molar-refractivity contribution is 5.89. The van der Waals surface area contributed by atoms with E-state index in [0.717, 1.165) is 11.4 Å². The molecule has 0 radical (unpaired) electrons. The molecule has 7 heteroatoms. The van der Waals surface area contributed by atoms with Gasteiger partial charge in [0.15, 0.2) is 5.82 Å². The summed E-state index contributed by atoms with van der Waals surface area (Å²) in [4.78, 5) is 12.4. The SMILES string of the molecule is CC(=O)Nc1cccc(NCc2nnn(C)n2)c1. The highest BCUT2D eigenvalue weighted by Crippen LogP contribution is 2.15. The van der Waals surface area contributed by atoms with Crippen LogP contribution in [0.2, 0.25) is 0 Å². The maximum atomic E-state index is 10.9. The van der Waals surface area contributed by atoms with Gasteiger partial charge >= 0.3 is 0 Å². The minimum absolute atomic E-state index is 0.0947. The Hall–Kier alpha value is -2.44. The summed E-state index contributed by atoms with van der Waals surface area (Å²) in [7, 11) is 1.72.